The summed E-state index contributed by atoms with van der Waals surface area (Å²) in [4.78, 5) is 2.94. The molecule has 1 nitrogen and oxygen atoms in total. The Bertz CT molecular complexity index is 383. The zero-order valence-electron chi connectivity index (χ0n) is 25.8. The van der Waals surface area contributed by atoms with Crippen LogP contribution in [0.15, 0.2) is 0 Å². The Morgan fingerprint density at radius 1 is 0.389 bits per heavy atom. The lowest BCUT2D eigenvalue weighted by Crippen LogP contribution is -2.39. The SMILES string of the molecule is CCCCCCCCCCCCCCN(CCCCCCCCCCCCCC)C1CCC(C)CC1. The third-order valence-corrected chi connectivity index (χ3v) is 9.10. The van der Waals surface area contributed by atoms with Crippen LogP contribution in [0, 0.1) is 5.92 Å². The first-order valence-corrected chi connectivity index (χ1v) is 17.5. The van der Waals surface area contributed by atoms with Crippen LogP contribution in [0.4, 0.5) is 0 Å². The van der Waals surface area contributed by atoms with Gasteiger partial charge in [-0.1, -0.05) is 162 Å². The predicted molar refractivity (Wildman–Crippen MR) is 165 cm³/mol. The van der Waals surface area contributed by atoms with Crippen LogP contribution in [0.2, 0.25) is 0 Å². The van der Waals surface area contributed by atoms with Crippen molar-refractivity contribution in [3.8, 4) is 0 Å². The van der Waals surface area contributed by atoms with Gasteiger partial charge in [0.05, 0.1) is 0 Å². The highest BCUT2D eigenvalue weighted by Crippen LogP contribution is 2.28. The summed E-state index contributed by atoms with van der Waals surface area (Å²) < 4.78 is 0. The molecule has 0 N–H and O–H groups in total. The van der Waals surface area contributed by atoms with E-state index in [4.69, 9.17) is 0 Å². The van der Waals surface area contributed by atoms with Crippen LogP contribution in [0.25, 0.3) is 0 Å². The maximum Gasteiger partial charge on any atom is 0.00954 e. The molecule has 0 unspecified atom stereocenters. The molecule has 0 atom stereocenters. The first-order valence-electron chi connectivity index (χ1n) is 17.5. The van der Waals surface area contributed by atoms with E-state index in [-0.39, 0.29) is 0 Å². The normalized spacial score (nSPS) is 18.3. The van der Waals surface area contributed by atoms with Crippen molar-refractivity contribution in [1.29, 1.82) is 0 Å². The molecule has 1 heteroatoms. The molecule has 1 fully saturated rings. The van der Waals surface area contributed by atoms with Crippen LogP contribution in [0.3, 0.4) is 0 Å². The summed E-state index contributed by atoms with van der Waals surface area (Å²) in [5, 5.41) is 0. The van der Waals surface area contributed by atoms with E-state index in [0.717, 1.165) is 12.0 Å². The van der Waals surface area contributed by atoms with Gasteiger partial charge < -0.3 is 4.90 Å². The average molecular weight is 506 g/mol. The van der Waals surface area contributed by atoms with Gasteiger partial charge in [0.15, 0.2) is 0 Å². The smallest absolute Gasteiger partial charge is 0.00954 e. The summed E-state index contributed by atoms with van der Waals surface area (Å²) in [6.45, 7) is 9.86. The molecule has 0 radical (unpaired) electrons. The minimum atomic E-state index is 0.904. The second-order valence-electron chi connectivity index (χ2n) is 12.7. The Morgan fingerprint density at radius 3 is 0.972 bits per heavy atom. The van der Waals surface area contributed by atoms with Gasteiger partial charge in [-0.3, -0.25) is 0 Å². The fraction of sp³-hybridized carbons (Fsp3) is 1.00. The van der Waals surface area contributed by atoms with Crippen LogP contribution in [-0.2, 0) is 0 Å². The molecule has 1 aliphatic carbocycles. The number of rotatable bonds is 27. The van der Waals surface area contributed by atoms with Gasteiger partial charge in [-0.2, -0.15) is 0 Å². The zero-order chi connectivity index (χ0) is 25.9. The van der Waals surface area contributed by atoms with E-state index in [2.05, 4.69) is 25.7 Å². The number of nitrogens with zero attached hydrogens (tertiary/aromatic N) is 1. The van der Waals surface area contributed by atoms with Gasteiger partial charge >= 0.3 is 0 Å². The molecule has 0 aromatic carbocycles. The third-order valence-electron chi connectivity index (χ3n) is 9.10. The molecular formula is C35H71N. The van der Waals surface area contributed by atoms with Crippen molar-refractivity contribution < 1.29 is 0 Å². The van der Waals surface area contributed by atoms with Crippen molar-refractivity contribution in [2.45, 2.75) is 207 Å². The standard InChI is InChI=1S/C35H71N/c1-4-6-8-10-12-14-16-18-20-22-24-26-32-36(35-30-28-34(3)29-31-35)33-27-25-23-21-19-17-15-13-11-9-7-5-2/h34-35H,4-33H2,1-3H3. The second-order valence-corrected chi connectivity index (χ2v) is 12.7. The van der Waals surface area contributed by atoms with Gasteiger partial charge in [-0.25, -0.2) is 0 Å². The van der Waals surface area contributed by atoms with Crippen molar-refractivity contribution >= 4 is 0 Å². The molecule has 0 aromatic heterocycles. The minimum Gasteiger partial charge on any atom is -0.300 e. The molecule has 216 valence electrons. The Labute approximate surface area is 230 Å². The van der Waals surface area contributed by atoms with E-state index < -0.39 is 0 Å². The average Bonchev–Trinajstić information content (AvgIpc) is 2.89. The largest absolute Gasteiger partial charge is 0.300 e. The van der Waals surface area contributed by atoms with Crippen molar-refractivity contribution in [3.05, 3.63) is 0 Å². The minimum absolute atomic E-state index is 0.904. The van der Waals surface area contributed by atoms with Crippen molar-refractivity contribution in [2.24, 2.45) is 5.92 Å². The fourth-order valence-corrected chi connectivity index (χ4v) is 6.40. The summed E-state index contributed by atoms with van der Waals surface area (Å²) in [7, 11) is 0. The van der Waals surface area contributed by atoms with E-state index in [1.807, 2.05) is 0 Å². The maximum atomic E-state index is 2.94. The Kier molecular flexibility index (Phi) is 25.1. The number of hydrogen-bond acceptors (Lipinski definition) is 1. The van der Waals surface area contributed by atoms with Gasteiger partial charge in [0.1, 0.15) is 0 Å². The molecule has 0 heterocycles. The molecule has 1 saturated carbocycles. The Morgan fingerprint density at radius 2 is 0.667 bits per heavy atom. The van der Waals surface area contributed by atoms with Crippen molar-refractivity contribution in [1.82, 2.24) is 4.90 Å². The molecule has 0 amide bonds. The molecule has 0 aromatic rings. The van der Waals surface area contributed by atoms with Gasteiger partial charge in [0.25, 0.3) is 0 Å². The second kappa shape index (κ2) is 26.6. The van der Waals surface area contributed by atoms with Crippen LogP contribution < -0.4 is 0 Å². The quantitative estimate of drug-likeness (QED) is 0.100. The summed E-state index contributed by atoms with van der Waals surface area (Å²) in [6, 6.07) is 0.904. The summed E-state index contributed by atoms with van der Waals surface area (Å²) in [5.74, 6) is 0.974. The molecule has 0 bridgehead atoms. The predicted octanol–water partition coefficient (Wildman–Crippen LogP) is 12.3. The van der Waals surface area contributed by atoms with E-state index in [1.54, 1.807) is 0 Å². The first-order chi connectivity index (χ1) is 17.8. The maximum absolute atomic E-state index is 2.94. The van der Waals surface area contributed by atoms with Gasteiger partial charge in [-0.15, -0.1) is 0 Å². The molecular weight excluding hydrogens is 434 g/mol. The lowest BCUT2D eigenvalue weighted by atomic mass is 9.86. The van der Waals surface area contributed by atoms with Crippen LogP contribution in [0.1, 0.15) is 201 Å². The monoisotopic (exact) mass is 506 g/mol. The Balaban J connectivity index is 2.05. The van der Waals surface area contributed by atoms with Crippen molar-refractivity contribution in [2.75, 3.05) is 13.1 Å². The molecule has 1 rings (SSSR count). The first kappa shape index (κ1) is 34.0. The van der Waals surface area contributed by atoms with Crippen molar-refractivity contribution in [3.63, 3.8) is 0 Å². The third kappa shape index (κ3) is 21.0. The van der Waals surface area contributed by atoms with Gasteiger partial charge in [0, 0.05) is 6.04 Å². The van der Waals surface area contributed by atoms with Crippen LogP contribution >= 0.6 is 0 Å². The lowest BCUT2D eigenvalue weighted by molar-refractivity contribution is 0.134. The van der Waals surface area contributed by atoms with E-state index in [1.165, 1.54) is 193 Å². The van der Waals surface area contributed by atoms with E-state index in [9.17, 15) is 0 Å². The fourth-order valence-electron chi connectivity index (χ4n) is 6.40. The molecule has 36 heavy (non-hydrogen) atoms. The number of hydrogen-bond donors (Lipinski definition) is 0. The summed E-state index contributed by atoms with van der Waals surface area (Å²) >= 11 is 0. The van der Waals surface area contributed by atoms with E-state index in [0.29, 0.717) is 0 Å². The molecule has 0 saturated heterocycles. The Hall–Kier alpha value is -0.0400. The van der Waals surface area contributed by atoms with E-state index >= 15 is 0 Å². The summed E-state index contributed by atoms with van der Waals surface area (Å²) in [6.07, 6.45) is 41.0. The topological polar surface area (TPSA) is 3.24 Å². The lowest BCUT2D eigenvalue weighted by Gasteiger charge is -2.36. The molecule has 0 spiro atoms. The van der Waals surface area contributed by atoms with Crippen LogP contribution in [-0.4, -0.2) is 24.0 Å². The van der Waals surface area contributed by atoms with Gasteiger partial charge in [0.2, 0.25) is 0 Å². The van der Waals surface area contributed by atoms with Gasteiger partial charge in [-0.05, 0) is 57.5 Å². The van der Waals surface area contributed by atoms with Crippen LogP contribution in [0.5, 0.6) is 0 Å². The highest BCUT2D eigenvalue weighted by Gasteiger charge is 2.23. The highest BCUT2D eigenvalue weighted by molar-refractivity contribution is 4.78. The highest BCUT2D eigenvalue weighted by atomic mass is 15.1. The number of unbranched alkanes of at least 4 members (excludes halogenated alkanes) is 22. The molecule has 0 aliphatic heterocycles. The molecule has 1 aliphatic rings. The zero-order valence-corrected chi connectivity index (χ0v) is 25.8. The summed E-state index contributed by atoms with van der Waals surface area (Å²) in [5.41, 5.74) is 0.